The van der Waals surface area contributed by atoms with Gasteiger partial charge in [-0.1, -0.05) is 86.9 Å². The van der Waals surface area contributed by atoms with E-state index in [0.717, 1.165) is 102 Å². The molecule has 1 amide bonds. The molecule has 7 nitrogen and oxygen atoms in total. The molecule has 0 N–H and O–H groups in total. The van der Waals surface area contributed by atoms with Crippen molar-refractivity contribution in [2.75, 3.05) is 55.9 Å². The summed E-state index contributed by atoms with van der Waals surface area (Å²) in [4.78, 5) is 32.4. The van der Waals surface area contributed by atoms with E-state index in [-0.39, 0.29) is 31.1 Å². The fourth-order valence-corrected chi connectivity index (χ4v) is 7.84. The van der Waals surface area contributed by atoms with E-state index in [1.54, 1.807) is 4.90 Å². The lowest BCUT2D eigenvalue weighted by Crippen LogP contribution is -2.46. The third kappa shape index (κ3) is 12.5. The number of hydrogen-bond acceptors (Lipinski definition) is 7. The second-order valence-corrected chi connectivity index (χ2v) is 14.8. The van der Waals surface area contributed by atoms with Crippen LogP contribution in [0.4, 0.5) is 11.4 Å². The van der Waals surface area contributed by atoms with Crippen LogP contribution in [0.15, 0.2) is 90.4 Å². The van der Waals surface area contributed by atoms with E-state index in [1.807, 2.05) is 35.6 Å². The molecular formula is C44H59N3O4S. The quantitative estimate of drug-likeness (QED) is 0.0584. The second-order valence-electron chi connectivity index (χ2n) is 13.8. The van der Waals surface area contributed by atoms with Crippen LogP contribution < -0.4 is 9.80 Å². The number of unbranched alkanes of at least 4 members (excludes halogenated alkanes) is 6. The zero-order valence-electron chi connectivity index (χ0n) is 31.3. The van der Waals surface area contributed by atoms with Crippen LogP contribution in [0.1, 0.15) is 102 Å². The molecule has 3 aromatic rings. The second kappa shape index (κ2) is 22.4. The summed E-state index contributed by atoms with van der Waals surface area (Å²) in [6.45, 7) is 8.03. The normalized spacial score (nSPS) is 16.9. The molecule has 5 rings (SSSR count). The Hall–Kier alpha value is -3.72. The van der Waals surface area contributed by atoms with Gasteiger partial charge in [0.15, 0.2) is 6.73 Å². The number of amides is 1. The van der Waals surface area contributed by atoms with Crippen LogP contribution in [-0.4, -0.2) is 62.8 Å². The predicted octanol–water partition coefficient (Wildman–Crippen LogP) is 10.4. The van der Waals surface area contributed by atoms with Gasteiger partial charge < -0.3 is 14.4 Å². The van der Waals surface area contributed by atoms with Crippen LogP contribution in [0, 0.1) is 0 Å². The number of esters is 1. The minimum atomic E-state index is -0.274. The molecule has 1 fully saturated rings. The SMILES string of the molecule is CCC=CCC=CCC=CCCCCCCCC(=O)OCN1C(=O)CC(OCCCCN2CCN(c3cccc4sccc34)CC2)c2ccccc21. The molecule has 3 heterocycles. The maximum absolute atomic E-state index is 13.2. The molecule has 2 aliphatic heterocycles. The highest BCUT2D eigenvalue weighted by atomic mass is 32.1. The van der Waals surface area contributed by atoms with Crippen LogP contribution in [0.3, 0.4) is 0 Å². The molecule has 280 valence electrons. The fraction of sp³-hybridized carbons (Fsp3) is 0.500. The van der Waals surface area contributed by atoms with Crippen molar-refractivity contribution in [3.8, 4) is 0 Å². The minimum Gasteiger partial charge on any atom is -0.444 e. The van der Waals surface area contributed by atoms with Gasteiger partial charge in [0.25, 0.3) is 0 Å². The highest BCUT2D eigenvalue weighted by Crippen LogP contribution is 2.37. The van der Waals surface area contributed by atoms with Crippen molar-refractivity contribution in [3.05, 3.63) is 95.9 Å². The van der Waals surface area contributed by atoms with E-state index in [0.29, 0.717) is 13.0 Å². The van der Waals surface area contributed by atoms with Gasteiger partial charge in [-0.3, -0.25) is 19.4 Å². The topological polar surface area (TPSA) is 62.3 Å². The minimum absolute atomic E-state index is 0.0476. The number of carbonyl (C=O) groups excluding carboxylic acids is 2. The average molecular weight is 726 g/mol. The third-order valence-electron chi connectivity index (χ3n) is 10.00. The lowest BCUT2D eigenvalue weighted by atomic mass is 9.98. The number of hydrogen-bond donors (Lipinski definition) is 0. The zero-order valence-corrected chi connectivity index (χ0v) is 32.1. The zero-order chi connectivity index (χ0) is 36.2. The number of para-hydroxylation sites is 1. The molecule has 1 aromatic heterocycles. The number of fused-ring (bicyclic) bond motifs is 2. The van der Waals surface area contributed by atoms with Gasteiger partial charge in [0, 0.05) is 60.5 Å². The number of carbonyl (C=O) groups is 2. The van der Waals surface area contributed by atoms with Crippen LogP contribution >= 0.6 is 11.3 Å². The van der Waals surface area contributed by atoms with Gasteiger partial charge in [-0.05, 0) is 87.6 Å². The monoisotopic (exact) mass is 725 g/mol. The van der Waals surface area contributed by atoms with Gasteiger partial charge in [0.1, 0.15) is 0 Å². The Morgan fingerprint density at radius 1 is 0.808 bits per heavy atom. The van der Waals surface area contributed by atoms with E-state index in [1.165, 1.54) is 28.6 Å². The van der Waals surface area contributed by atoms with Gasteiger partial charge in [-0.2, -0.15) is 0 Å². The number of ether oxygens (including phenoxy) is 2. The largest absolute Gasteiger partial charge is 0.444 e. The molecule has 0 bridgehead atoms. The fourth-order valence-electron chi connectivity index (χ4n) is 7.04. The Kier molecular flexibility index (Phi) is 17.0. The summed E-state index contributed by atoms with van der Waals surface area (Å²) in [5.41, 5.74) is 3.12. The number of allylic oxidation sites excluding steroid dienone is 6. The predicted molar refractivity (Wildman–Crippen MR) is 217 cm³/mol. The van der Waals surface area contributed by atoms with Gasteiger partial charge in [0.05, 0.1) is 18.2 Å². The number of nitrogens with zero attached hydrogens (tertiary/aromatic N) is 3. The van der Waals surface area contributed by atoms with Crippen LogP contribution in [0.25, 0.3) is 10.1 Å². The van der Waals surface area contributed by atoms with Gasteiger partial charge in [-0.15, -0.1) is 11.3 Å². The Morgan fingerprint density at radius 2 is 1.56 bits per heavy atom. The van der Waals surface area contributed by atoms with Gasteiger partial charge in [0.2, 0.25) is 5.91 Å². The van der Waals surface area contributed by atoms with Crippen LogP contribution in [0.5, 0.6) is 0 Å². The molecule has 2 aliphatic rings. The highest BCUT2D eigenvalue weighted by molar-refractivity contribution is 7.17. The number of anilines is 2. The van der Waals surface area contributed by atoms with E-state index in [4.69, 9.17) is 9.47 Å². The van der Waals surface area contributed by atoms with Crippen molar-refractivity contribution < 1.29 is 19.1 Å². The molecule has 0 spiro atoms. The molecule has 8 heteroatoms. The average Bonchev–Trinajstić information content (AvgIpc) is 3.66. The van der Waals surface area contributed by atoms with E-state index < -0.39 is 0 Å². The van der Waals surface area contributed by atoms with Crippen molar-refractivity contribution in [1.29, 1.82) is 0 Å². The standard InChI is InChI=1S/C44H59N3O4S/c1-2-3-4-5-6-7-8-9-10-11-12-13-14-15-16-26-44(49)51-36-47-40-23-18-17-22-37(40)41(35-43(47)48)50-33-20-19-28-45-29-31-46(32-30-45)39-24-21-25-42-38(39)27-34-52-42/h3-4,6-7,9-10,17-18,21-25,27,34,41H,2,5,8,11-16,19-20,26,28-33,35-36H2,1H3. The van der Waals surface area contributed by atoms with Crippen molar-refractivity contribution in [2.24, 2.45) is 0 Å². The Bertz CT molecular complexity index is 1610. The molecule has 2 aromatic carbocycles. The first-order chi connectivity index (χ1) is 25.6. The first kappa shape index (κ1) is 39.5. The number of benzene rings is 2. The summed E-state index contributed by atoms with van der Waals surface area (Å²) in [5, 5.41) is 3.55. The molecule has 0 aliphatic carbocycles. The maximum Gasteiger partial charge on any atom is 0.307 e. The Labute approximate surface area is 316 Å². The molecule has 1 atom stereocenters. The van der Waals surface area contributed by atoms with Crippen LogP contribution in [-0.2, 0) is 19.1 Å². The number of rotatable bonds is 22. The molecule has 1 unspecified atom stereocenters. The molecule has 0 radical (unpaired) electrons. The van der Waals surface area contributed by atoms with E-state index in [2.05, 4.69) is 82.8 Å². The Morgan fingerprint density at radius 3 is 2.40 bits per heavy atom. The van der Waals surface area contributed by atoms with Gasteiger partial charge in [-0.25, -0.2) is 0 Å². The highest BCUT2D eigenvalue weighted by Gasteiger charge is 2.32. The van der Waals surface area contributed by atoms with Crippen molar-refractivity contribution in [3.63, 3.8) is 0 Å². The van der Waals surface area contributed by atoms with Crippen LogP contribution in [0.2, 0.25) is 0 Å². The summed E-state index contributed by atoms with van der Waals surface area (Å²) in [7, 11) is 0. The number of thiophene rings is 1. The van der Waals surface area contributed by atoms with Crippen molar-refractivity contribution in [2.45, 2.75) is 96.5 Å². The lowest BCUT2D eigenvalue weighted by Gasteiger charge is -2.36. The molecular weight excluding hydrogens is 667 g/mol. The third-order valence-corrected chi connectivity index (χ3v) is 10.9. The number of piperazine rings is 1. The van der Waals surface area contributed by atoms with Gasteiger partial charge >= 0.3 is 5.97 Å². The van der Waals surface area contributed by atoms with Crippen molar-refractivity contribution in [1.82, 2.24) is 4.90 Å². The lowest BCUT2D eigenvalue weighted by molar-refractivity contribution is -0.144. The van der Waals surface area contributed by atoms with E-state index >= 15 is 0 Å². The van der Waals surface area contributed by atoms with E-state index in [9.17, 15) is 9.59 Å². The summed E-state index contributed by atoms with van der Waals surface area (Å²) >= 11 is 1.81. The first-order valence-corrected chi connectivity index (χ1v) is 20.6. The summed E-state index contributed by atoms with van der Waals surface area (Å²) in [5.74, 6) is -0.312. The summed E-state index contributed by atoms with van der Waals surface area (Å²) in [6, 6.07) is 16.7. The maximum atomic E-state index is 13.2. The summed E-state index contributed by atoms with van der Waals surface area (Å²) < 4.78 is 13.2. The summed E-state index contributed by atoms with van der Waals surface area (Å²) in [6.07, 6.45) is 25.3. The van der Waals surface area contributed by atoms with Crippen molar-refractivity contribution >= 4 is 44.7 Å². The molecule has 0 saturated carbocycles. The Balaban J connectivity index is 0.921. The molecule has 52 heavy (non-hydrogen) atoms. The first-order valence-electron chi connectivity index (χ1n) is 19.7. The molecule has 1 saturated heterocycles. The smallest absolute Gasteiger partial charge is 0.307 e.